The van der Waals surface area contributed by atoms with Crippen molar-refractivity contribution in [1.82, 2.24) is 4.90 Å². The monoisotopic (exact) mass is 323 g/mol. The van der Waals surface area contributed by atoms with Gasteiger partial charge in [-0.1, -0.05) is 6.07 Å². The molecule has 22 heavy (non-hydrogen) atoms. The van der Waals surface area contributed by atoms with E-state index >= 15 is 0 Å². The molecule has 0 atom stereocenters. The van der Waals surface area contributed by atoms with Gasteiger partial charge in [-0.05, 0) is 25.0 Å². The van der Waals surface area contributed by atoms with Gasteiger partial charge in [0, 0.05) is 35.8 Å². The summed E-state index contributed by atoms with van der Waals surface area (Å²) in [6, 6.07) is 4.87. The number of likely N-dealkylation sites (tertiary alicyclic amines) is 1. The minimum absolute atomic E-state index is 0.0976. The molecule has 0 bridgehead atoms. The zero-order chi connectivity index (χ0) is 15.7. The van der Waals surface area contributed by atoms with Crippen molar-refractivity contribution in [1.29, 1.82) is 0 Å². The second-order valence-electron chi connectivity index (χ2n) is 5.48. The number of aliphatic hydroxyl groups excluding tert-OH is 1. The lowest BCUT2D eigenvalue weighted by atomic mass is 10.1. The molecule has 1 saturated heterocycles. The van der Waals surface area contributed by atoms with Crippen LogP contribution in [0.25, 0.3) is 10.1 Å². The number of rotatable bonds is 3. The number of hydrogen-bond acceptors (Lipinski definition) is 4. The van der Waals surface area contributed by atoms with E-state index in [9.17, 15) is 14.3 Å². The molecule has 1 N–H and O–H groups in total. The maximum Gasteiger partial charge on any atom is 0.264 e. The molecule has 1 aromatic heterocycles. The molecule has 0 saturated carbocycles. The number of benzene rings is 1. The average Bonchev–Trinajstić information content (AvgIpc) is 2.88. The number of carbonyl (C=O) groups excluding carboxylic acids is 1. The molecule has 0 aliphatic carbocycles. The van der Waals surface area contributed by atoms with Gasteiger partial charge in [-0.2, -0.15) is 0 Å². The fourth-order valence-electron chi connectivity index (χ4n) is 2.83. The summed E-state index contributed by atoms with van der Waals surface area (Å²) >= 11 is 1.31. The highest BCUT2D eigenvalue weighted by Crippen LogP contribution is 2.35. The van der Waals surface area contributed by atoms with Crippen molar-refractivity contribution in [3.05, 3.63) is 34.5 Å². The number of hydrogen-bond donors (Lipinski definition) is 1. The van der Waals surface area contributed by atoms with Crippen LogP contribution in [0.1, 0.15) is 28.1 Å². The van der Waals surface area contributed by atoms with Crippen LogP contribution in [0.5, 0.6) is 0 Å². The summed E-state index contributed by atoms with van der Waals surface area (Å²) in [6.07, 6.45) is 0.845. The van der Waals surface area contributed by atoms with Gasteiger partial charge in [0.25, 0.3) is 5.91 Å². The molecule has 1 amide bonds. The lowest BCUT2D eigenvalue weighted by molar-refractivity contribution is 0.0547. The number of ether oxygens (including phenoxy) is 1. The molecule has 2 heterocycles. The van der Waals surface area contributed by atoms with Crippen LogP contribution in [0.4, 0.5) is 4.39 Å². The van der Waals surface area contributed by atoms with Crippen molar-refractivity contribution in [2.75, 3.05) is 20.2 Å². The first-order valence-electron chi connectivity index (χ1n) is 7.28. The Hall–Kier alpha value is -1.50. The van der Waals surface area contributed by atoms with E-state index in [0.29, 0.717) is 41.8 Å². The average molecular weight is 323 g/mol. The van der Waals surface area contributed by atoms with Crippen LogP contribution in [-0.4, -0.2) is 42.2 Å². The summed E-state index contributed by atoms with van der Waals surface area (Å²) in [4.78, 5) is 15.0. The maximum atomic E-state index is 14.1. The van der Waals surface area contributed by atoms with E-state index in [1.54, 1.807) is 11.0 Å². The van der Waals surface area contributed by atoms with Crippen LogP contribution in [0.2, 0.25) is 0 Å². The Morgan fingerprint density at radius 3 is 2.86 bits per heavy atom. The van der Waals surface area contributed by atoms with Gasteiger partial charge in [0.05, 0.1) is 17.6 Å². The minimum Gasteiger partial charge on any atom is -0.393 e. The van der Waals surface area contributed by atoms with Crippen LogP contribution in [-0.2, 0) is 11.3 Å². The summed E-state index contributed by atoms with van der Waals surface area (Å²) < 4.78 is 20.1. The summed E-state index contributed by atoms with van der Waals surface area (Å²) in [5.41, 5.74) is 0.622. The second-order valence-corrected chi connectivity index (χ2v) is 6.53. The van der Waals surface area contributed by atoms with Gasteiger partial charge >= 0.3 is 0 Å². The number of carbonyl (C=O) groups is 1. The lowest BCUT2D eigenvalue weighted by Crippen LogP contribution is -2.40. The van der Waals surface area contributed by atoms with Crippen molar-refractivity contribution >= 4 is 27.3 Å². The number of amides is 1. The summed E-state index contributed by atoms with van der Waals surface area (Å²) in [5.74, 6) is -0.423. The van der Waals surface area contributed by atoms with Gasteiger partial charge < -0.3 is 14.7 Å². The Morgan fingerprint density at radius 2 is 2.18 bits per heavy atom. The number of halogens is 1. The highest BCUT2D eigenvalue weighted by Gasteiger charge is 2.27. The molecular formula is C16H18FNO3S. The Bertz CT molecular complexity index is 692. The molecule has 1 aliphatic rings. The quantitative estimate of drug-likeness (QED) is 0.945. The maximum absolute atomic E-state index is 14.1. The highest BCUT2D eigenvalue weighted by atomic mass is 32.1. The number of fused-ring (bicyclic) bond motifs is 1. The van der Waals surface area contributed by atoms with Crippen molar-refractivity contribution in [2.45, 2.75) is 25.6 Å². The van der Waals surface area contributed by atoms with Crippen molar-refractivity contribution in [2.24, 2.45) is 0 Å². The zero-order valence-electron chi connectivity index (χ0n) is 12.3. The van der Waals surface area contributed by atoms with E-state index in [0.717, 1.165) is 4.70 Å². The smallest absolute Gasteiger partial charge is 0.264 e. The fraction of sp³-hybridized carbons (Fsp3) is 0.438. The lowest BCUT2D eigenvalue weighted by Gasteiger charge is -2.29. The predicted octanol–water partition coefficient (Wildman–Crippen LogP) is 2.78. The SMILES string of the molecule is COCc1c(C(=O)N2CCC(O)CC2)sc2cccc(F)c12. The number of thiophene rings is 1. The topological polar surface area (TPSA) is 49.8 Å². The van der Waals surface area contributed by atoms with E-state index in [1.807, 2.05) is 6.07 Å². The summed E-state index contributed by atoms with van der Waals surface area (Å²) in [7, 11) is 1.54. The van der Waals surface area contributed by atoms with E-state index in [2.05, 4.69) is 0 Å². The third kappa shape index (κ3) is 2.74. The molecule has 118 valence electrons. The van der Waals surface area contributed by atoms with Crippen LogP contribution >= 0.6 is 11.3 Å². The molecule has 0 radical (unpaired) electrons. The van der Waals surface area contributed by atoms with Crippen LogP contribution in [0, 0.1) is 5.82 Å². The first kappa shape index (κ1) is 15.4. The Balaban J connectivity index is 2.00. The second kappa shape index (κ2) is 6.32. The third-order valence-electron chi connectivity index (χ3n) is 4.00. The van der Waals surface area contributed by atoms with Crippen molar-refractivity contribution in [3.63, 3.8) is 0 Å². The molecule has 6 heteroatoms. The van der Waals surface area contributed by atoms with Crippen LogP contribution < -0.4 is 0 Å². The Labute approximate surface area is 132 Å². The van der Waals surface area contributed by atoms with Crippen LogP contribution in [0.3, 0.4) is 0 Å². The zero-order valence-corrected chi connectivity index (χ0v) is 13.2. The fourth-order valence-corrected chi connectivity index (χ4v) is 4.02. The van der Waals surface area contributed by atoms with Gasteiger partial charge in [-0.3, -0.25) is 4.79 Å². The number of aliphatic hydroxyl groups is 1. The van der Waals surface area contributed by atoms with E-state index in [-0.39, 0.29) is 24.4 Å². The van der Waals surface area contributed by atoms with E-state index < -0.39 is 0 Å². The molecular weight excluding hydrogens is 305 g/mol. The van der Waals surface area contributed by atoms with E-state index in [1.165, 1.54) is 24.5 Å². The predicted molar refractivity (Wildman–Crippen MR) is 83.6 cm³/mol. The molecule has 1 fully saturated rings. The number of methoxy groups -OCH3 is 1. The Morgan fingerprint density at radius 1 is 1.45 bits per heavy atom. The minimum atomic E-state index is -0.331. The highest BCUT2D eigenvalue weighted by molar-refractivity contribution is 7.21. The van der Waals surface area contributed by atoms with Crippen LogP contribution in [0.15, 0.2) is 18.2 Å². The van der Waals surface area contributed by atoms with E-state index in [4.69, 9.17) is 4.74 Å². The Kier molecular flexibility index (Phi) is 4.42. The first-order valence-corrected chi connectivity index (χ1v) is 8.09. The van der Waals surface area contributed by atoms with Gasteiger partial charge in [0.15, 0.2) is 0 Å². The molecule has 2 aromatic rings. The molecule has 1 aliphatic heterocycles. The van der Waals surface area contributed by atoms with Gasteiger partial charge in [-0.25, -0.2) is 4.39 Å². The van der Waals surface area contributed by atoms with Gasteiger partial charge in [0.1, 0.15) is 5.82 Å². The largest absolute Gasteiger partial charge is 0.393 e. The normalized spacial score (nSPS) is 16.4. The molecule has 0 spiro atoms. The first-order chi connectivity index (χ1) is 10.6. The summed E-state index contributed by atoms with van der Waals surface area (Å²) in [6.45, 7) is 1.27. The third-order valence-corrected chi connectivity index (χ3v) is 5.18. The van der Waals surface area contributed by atoms with Crippen molar-refractivity contribution < 1.29 is 19.0 Å². The number of nitrogens with zero attached hydrogens (tertiary/aromatic N) is 1. The molecule has 4 nitrogen and oxygen atoms in total. The number of piperidine rings is 1. The molecule has 0 unspecified atom stereocenters. The summed E-state index contributed by atoms with van der Waals surface area (Å²) in [5, 5.41) is 10.0. The molecule has 1 aromatic carbocycles. The molecule has 3 rings (SSSR count). The standard InChI is InChI=1S/C16H18FNO3S/c1-21-9-11-14-12(17)3-2-4-13(14)22-15(11)16(20)18-7-5-10(19)6-8-18/h2-4,10,19H,5-9H2,1H3. The van der Waals surface area contributed by atoms with Gasteiger partial charge in [0.2, 0.25) is 0 Å². The van der Waals surface area contributed by atoms with Crippen molar-refractivity contribution in [3.8, 4) is 0 Å². The van der Waals surface area contributed by atoms with Gasteiger partial charge in [-0.15, -0.1) is 11.3 Å².